The van der Waals surface area contributed by atoms with E-state index in [2.05, 4.69) is 0 Å². The van der Waals surface area contributed by atoms with E-state index >= 15 is 0 Å². The summed E-state index contributed by atoms with van der Waals surface area (Å²) >= 11 is 1.22. The van der Waals surface area contributed by atoms with Gasteiger partial charge in [-0.3, -0.25) is 9.59 Å². The molecule has 0 radical (unpaired) electrons. The average molecular weight is 267 g/mol. The standard InChI is InChI=1S/C12H10FNO3S/c1-14(6-11(15)16)12(17)10-5-7-4-8(13)2-3-9(7)18-10/h2-5H,6H2,1H3,(H,15,16). The fraction of sp³-hybridized carbons (Fsp3) is 0.167. The lowest BCUT2D eigenvalue weighted by atomic mass is 10.2. The summed E-state index contributed by atoms with van der Waals surface area (Å²) in [5, 5.41) is 9.26. The molecule has 0 saturated carbocycles. The molecule has 0 spiro atoms. The highest BCUT2D eigenvalue weighted by atomic mass is 32.1. The van der Waals surface area contributed by atoms with E-state index < -0.39 is 5.97 Å². The SMILES string of the molecule is CN(CC(=O)O)C(=O)c1cc2cc(F)ccc2s1. The number of carboxylic acids is 1. The lowest BCUT2D eigenvalue weighted by Gasteiger charge is -2.12. The van der Waals surface area contributed by atoms with E-state index in [9.17, 15) is 14.0 Å². The number of rotatable bonds is 3. The molecule has 4 nitrogen and oxygen atoms in total. The Morgan fingerprint density at radius 2 is 2.11 bits per heavy atom. The van der Waals surface area contributed by atoms with Gasteiger partial charge in [-0.2, -0.15) is 0 Å². The van der Waals surface area contributed by atoms with Crippen LogP contribution in [-0.2, 0) is 4.79 Å². The van der Waals surface area contributed by atoms with Crippen molar-refractivity contribution < 1.29 is 19.1 Å². The van der Waals surface area contributed by atoms with Crippen LogP contribution in [0, 0.1) is 5.82 Å². The predicted molar refractivity (Wildman–Crippen MR) is 66.4 cm³/mol. The molecule has 0 aliphatic heterocycles. The van der Waals surface area contributed by atoms with Crippen LogP contribution in [0.15, 0.2) is 24.3 Å². The molecule has 18 heavy (non-hydrogen) atoms. The third-order valence-electron chi connectivity index (χ3n) is 2.41. The maximum absolute atomic E-state index is 13.0. The summed E-state index contributed by atoms with van der Waals surface area (Å²) in [6, 6.07) is 5.85. The Kier molecular flexibility index (Phi) is 3.29. The normalized spacial score (nSPS) is 10.6. The molecule has 1 aromatic carbocycles. The van der Waals surface area contributed by atoms with Crippen molar-refractivity contribution in [3.63, 3.8) is 0 Å². The minimum atomic E-state index is -1.07. The highest BCUT2D eigenvalue weighted by Gasteiger charge is 2.17. The van der Waals surface area contributed by atoms with Crippen LogP contribution in [0.4, 0.5) is 4.39 Å². The van der Waals surface area contributed by atoms with Crippen molar-refractivity contribution in [2.75, 3.05) is 13.6 Å². The Hall–Kier alpha value is -1.95. The van der Waals surface area contributed by atoms with Crippen LogP contribution in [-0.4, -0.2) is 35.5 Å². The monoisotopic (exact) mass is 267 g/mol. The van der Waals surface area contributed by atoms with Crippen LogP contribution >= 0.6 is 11.3 Å². The molecular weight excluding hydrogens is 257 g/mol. The molecule has 0 atom stereocenters. The number of hydrogen-bond donors (Lipinski definition) is 1. The van der Waals surface area contributed by atoms with E-state index in [4.69, 9.17) is 5.11 Å². The summed E-state index contributed by atoms with van der Waals surface area (Å²) in [6.45, 7) is -0.360. The third-order valence-corrected chi connectivity index (χ3v) is 3.51. The molecule has 6 heteroatoms. The van der Waals surface area contributed by atoms with Gasteiger partial charge in [0.25, 0.3) is 5.91 Å². The molecule has 0 bridgehead atoms. The van der Waals surface area contributed by atoms with E-state index in [0.717, 1.165) is 9.60 Å². The molecule has 0 fully saturated rings. The number of hydrogen-bond acceptors (Lipinski definition) is 3. The third kappa shape index (κ3) is 2.48. The number of carboxylic acid groups (broad SMARTS) is 1. The zero-order valence-corrected chi connectivity index (χ0v) is 10.3. The predicted octanol–water partition coefficient (Wildman–Crippen LogP) is 2.20. The summed E-state index contributed by atoms with van der Waals surface area (Å²) in [5.41, 5.74) is 0. The summed E-state index contributed by atoms with van der Waals surface area (Å²) in [5.74, 6) is -1.81. The van der Waals surface area contributed by atoms with E-state index in [1.165, 1.54) is 30.5 Å². The number of likely N-dealkylation sites (N-methyl/N-ethyl adjacent to an activating group) is 1. The molecule has 0 aliphatic carbocycles. The van der Waals surface area contributed by atoms with Crippen molar-refractivity contribution in [1.29, 1.82) is 0 Å². The van der Waals surface area contributed by atoms with E-state index in [-0.39, 0.29) is 18.3 Å². The zero-order chi connectivity index (χ0) is 13.3. The van der Waals surface area contributed by atoms with Crippen molar-refractivity contribution in [2.45, 2.75) is 0 Å². The van der Waals surface area contributed by atoms with E-state index in [1.807, 2.05) is 0 Å². The van der Waals surface area contributed by atoms with Crippen LogP contribution in [0.2, 0.25) is 0 Å². The van der Waals surface area contributed by atoms with Gasteiger partial charge in [-0.25, -0.2) is 4.39 Å². The molecular formula is C12H10FNO3S. The first-order chi connectivity index (χ1) is 8.47. The number of fused-ring (bicyclic) bond motifs is 1. The van der Waals surface area contributed by atoms with Gasteiger partial charge in [0, 0.05) is 11.7 Å². The van der Waals surface area contributed by atoms with Gasteiger partial charge in [0.2, 0.25) is 0 Å². The molecule has 0 unspecified atom stereocenters. The zero-order valence-electron chi connectivity index (χ0n) is 9.51. The molecule has 0 aliphatic rings. The van der Waals surface area contributed by atoms with Crippen LogP contribution in [0.3, 0.4) is 0 Å². The summed E-state index contributed by atoms with van der Waals surface area (Å²) < 4.78 is 13.8. The first kappa shape index (κ1) is 12.5. The summed E-state index contributed by atoms with van der Waals surface area (Å²) in [4.78, 5) is 24.0. The maximum Gasteiger partial charge on any atom is 0.323 e. The van der Waals surface area contributed by atoms with Gasteiger partial charge in [0.1, 0.15) is 12.4 Å². The highest BCUT2D eigenvalue weighted by molar-refractivity contribution is 7.20. The van der Waals surface area contributed by atoms with Crippen molar-refractivity contribution in [1.82, 2.24) is 4.90 Å². The molecule has 1 N–H and O–H groups in total. The number of aliphatic carboxylic acids is 1. The number of thiophene rings is 1. The molecule has 1 aromatic heterocycles. The molecule has 0 saturated heterocycles. The minimum Gasteiger partial charge on any atom is -0.480 e. The van der Waals surface area contributed by atoms with Gasteiger partial charge in [-0.1, -0.05) is 0 Å². The first-order valence-corrected chi connectivity index (χ1v) is 5.95. The smallest absolute Gasteiger partial charge is 0.323 e. The van der Waals surface area contributed by atoms with Crippen LogP contribution < -0.4 is 0 Å². The van der Waals surface area contributed by atoms with Crippen molar-refractivity contribution in [2.24, 2.45) is 0 Å². The number of carbonyl (C=O) groups excluding carboxylic acids is 1. The molecule has 94 valence electrons. The van der Waals surface area contributed by atoms with E-state index in [0.29, 0.717) is 10.3 Å². The minimum absolute atomic E-state index is 0.360. The van der Waals surface area contributed by atoms with Crippen molar-refractivity contribution >= 4 is 33.3 Å². The summed E-state index contributed by atoms with van der Waals surface area (Å²) in [6.07, 6.45) is 0. The van der Waals surface area contributed by atoms with Gasteiger partial charge in [0.15, 0.2) is 0 Å². The Balaban J connectivity index is 2.30. The Labute approximate surface area is 106 Å². The van der Waals surface area contributed by atoms with Gasteiger partial charge in [-0.05, 0) is 29.7 Å². The van der Waals surface area contributed by atoms with Gasteiger partial charge in [-0.15, -0.1) is 11.3 Å². The van der Waals surface area contributed by atoms with Crippen LogP contribution in [0.25, 0.3) is 10.1 Å². The molecule has 2 aromatic rings. The number of benzene rings is 1. The number of carbonyl (C=O) groups is 2. The van der Waals surface area contributed by atoms with E-state index in [1.54, 1.807) is 12.1 Å². The first-order valence-electron chi connectivity index (χ1n) is 5.14. The van der Waals surface area contributed by atoms with Crippen molar-refractivity contribution in [3.8, 4) is 0 Å². The number of halogens is 1. The highest BCUT2D eigenvalue weighted by Crippen LogP contribution is 2.26. The fourth-order valence-corrected chi connectivity index (χ4v) is 2.62. The van der Waals surface area contributed by atoms with Crippen LogP contribution in [0.1, 0.15) is 9.67 Å². The lowest BCUT2D eigenvalue weighted by Crippen LogP contribution is -2.31. The second-order valence-electron chi connectivity index (χ2n) is 3.85. The van der Waals surface area contributed by atoms with Gasteiger partial charge < -0.3 is 10.0 Å². The van der Waals surface area contributed by atoms with Gasteiger partial charge in [0.05, 0.1) is 4.88 Å². The Morgan fingerprint density at radius 1 is 1.39 bits per heavy atom. The summed E-state index contributed by atoms with van der Waals surface area (Å²) in [7, 11) is 1.42. The maximum atomic E-state index is 13.0. The quantitative estimate of drug-likeness (QED) is 0.927. The topological polar surface area (TPSA) is 57.6 Å². The Morgan fingerprint density at radius 3 is 2.78 bits per heavy atom. The largest absolute Gasteiger partial charge is 0.480 e. The molecule has 2 rings (SSSR count). The second-order valence-corrected chi connectivity index (χ2v) is 4.93. The molecule has 1 heterocycles. The fourth-order valence-electron chi connectivity index (χ4n) is 1.58. The Bertz CT molecular complexity index is 623. The number of amides is 1. The van der Waals surface area contributed by atoms with Crippen LogP contribution in [0.5, 0.6) is 0 Å². The van der Waals surface area contributed by atoms with Crippen molar-refractivity contribution in [3.05, 3.63) is 35.0 Å². The average Bonchev–Trinajstić information content (AvgIpc) is 2.69. The number of nitrogens with zero attached hydrogens (tertiary/aromatic N) is 1. The lowest BCUT2D eigenvalue weighted by molar-refractivity contribution is -0.137. The van der Waals surface area contributed by atoms with Gasteiger partial charge >= 0.3 is 5.97 Å². The molecule has 1 amide bonds. The second kappa shape index (κ2) is 4.73.